The highest BCUT2D eigenvalue weighted by Crippen LogP contribution is 2.14. The Bertz CT molecular complexity index is 144. The van der Waals surface area contributed by atoms with E-state index in [1.54, 1.807) is 0 Å². The maximum Gasteiger partial charge on any atom is -0.00563 e. The van der Waals surface area contributed by atoms with Crippen molar-refractivity contribution in [3.05, 3.63) is 24.8 Å². The van der Waals surface area contributed by atoms with Crippen LogP contribution < -0.4 is 0 Å². The zero-order chi connectivity index (χ0) is 10.6. The van der Waals surface area contributed by atoms with E-state index in [4.69, 9.17) is 0 Å². The van der Waals surface area contributed by atoms with Crippen LogP contribution in [-0.4, -0.2) is 0 Å². The Morgan fingerprint density at radius 1 is 1.07 bits per heavy atom. The highest BCUT2D eigenvalue weighted by atomic mass is 14.0. The Hall–Kier alpha value is -0.520. The third-order valence-electron chi connectivity index (χ3n) is 2.63. The average molecular weight is 194 g/mol. The van der Waals surface area contributed by atoms with Crippen LogP contribution in [0.25, 0.3) is 0 Å². The molecule has 82 valence electrons. The van der Waals surface area contributed by atoms with E-state index in [2.05, 4.69) is 38.7 Å². The summed E-state index contributed by atoms with van der Waals surface area (Å²) >= 11 is 0. The van der Waals surface area contributed by atoms with Crippen LogP contribution >= 0.6 is 0 Å². The summed E-state index contributed by atoms with van der Waals surface area (Å²) in [5.74, 6) is 0.603. The molecule has 0 amide bonds. The van der Waals surface area contributed by atoms with Gasteiger partial charge in [-0.3, -0.25) is 0 Å². The van der Waals surface area contributed by atoms with E-state index >= 15 is 0 Å². The van der Waals surface area contributed by atoms with Gasteiger partial charge in [-0.05, 0) is 19.3 Å². The van der Waals surface area contributed by atoms with Crippen LogP contribution in [0.2, 0.25) is 0 Å². The summed E-state index contributed by atoms with van der Waals surface area (Å²) in [5, 5.41) is 0. The third kappa shape index (κ3) is 8.10. The fraction of sp³-hybridized carbons (Fsp3) is 0.714. The second-order valence-corrected chi connectivity index (χ2v) is 3.98. The van der Waals surface area contributed by atoms with Gasteiger partial charge < -0.3 is 0 Å². The minimum absolute atomic E-state index is 0.603. The molecule has 0 rings (SSSR count). The molecule has 0 aliphatic heterocycles. The van der Waals surface area contributed by atoms with Crippen LogP contribution in [0.4, 0.5) is 0 Å². The van der Waals surface area contributed by atoms with Crippen LogP contribution in [-0.2, 0) is 0 Å². The van der Waals surface area contributed by atoms with Crippen LogP contribution in [0.1, 0.15) is 58.8 Å². The van der Waals surface area contributed by atoms with Gasteiger partial charge in [-0.15, -0.1) is 6.58 Å². The Labute approximate surface area is 90.1 Å². The van der Waals surface area contributed by atoms with E-state index in [0.29, 0.717) is 5.92 Å². The lowest BCUT2D eigenvalue weighted by atomic mass is 10.00. The van der Waals surface area contributed by atoms with Crippen LogP contribution in [0.15, 0.2) is 24.8 Å². The molecule has 0 bridgehead atoms. The Morgan fingerprint density at radius 3 is 2.29 bits per heavy atom. The lowest BCUT2D eigenvalue weighted by Gasteiger charge is -2.06. The van der Waals surface area contributed by atoms with Crippen LogP contribution in [0.5, 0.6) is 0 Å². The number of unbranched alkanes of at least 4 members (excludes halogenated alkanes) is 5. The molecule has 0 heterocycles. The normalized spacial score (nSPS) is 13.3. The molecule has 0 saturated carbocycles. The maximum absolute atomic E-state index is 3.86. The monoisotopic (exact) mass is 194 g/mol. The number of rotatable bonds is 9. The molecule has 0 nitrogen and oxygen atoms in total. The largest absolute Gasteiger partial charge is 0.102 e. The summed E-state index contributed by atoms with van der Waals surface area (Å²) in [6, 6.07) is 0. The second kappa shape index (κ2) is 10.6. The van der Waals surface area contributed by atoms with E-state index in [9.17, 15) is 0 Å². The molecule has 0 aromatic heterocycles. The molecule has 0 N–H and O–H groups in total. The summed E-state index contributed by atoms with van der Waals surface area (Å²) in [6.45, 7) is 8.20. The highest BCUT2D eigenvalue weighted by Gasteiger charge is 1.98. The van der Waals surface area contributed by atoms with Gasteiger partial charge in [0, 0.05) is 0 Å². The standard InChI is InChI=1S/C14H26/c1-4-7-8-9-10-11-13-14(6-3)12-5-2/h5-6,12,14H,3-4,7-11,13H2,1-2H3/b12-5+. The zero-order valence-corrected chi connectivity index (χ0v) is 9.97. The molecule has 0 fully saturated rings. The van der Waals surface area contributed by atoms with Gasteiger partial charge in [0.2, 0.25) is 0 Å². The van der Waals surface area contributed by atoms with Gasteiger partial charge in [-0.2, -0.15) is 0 Å². The molecule has 0 aliphatic rings. The molecule has 0 spiro atoms. The molecular weight excluding hydrogens is 168 g/mol. The molecule has 1 atom stereocenters. The van der Waals surface area contributed by atoms with E-state index in [0.717, 1.165) is 0 Å². The molecule has 0 aliphatic carbocycles. The van der Waals surface area contributed by atoms with Gasteiger partial charge in [0.1, 0.15) is 0 Å². The fourth-order valence-corrected chi connectivity index (χ4v) is 1.70. The molecule has 0 radical (unpaired) electrons. The number of hydrogen-bond acceptors (Lipinski definition) is 0. The van der Waals surface area contributed by atoms with Crippen molar-refractivity contribution >= 4 is 0 Å². The van der Waals surface area contributed by atoms with Gasteiger partial charge in [0.25, 0.3) is 0 Å². The Morgan fingerprint density at radius 2 is 1.71 bits per heavy atom. The molecule has 0 aromatic rings. The minimum Gasteiger partial charge on any atom is -0.102 e. The van der Waals surface area contributed by atoms with Crippen molar-refractivity contribution in [1.29, 1.82) is 0 Å². The minimum atomic E-state index is 0.603. The average Bonchev–Trinajstić information content (AvgIpc) is 2.21. The molecule has 0 saturated heterocycles. The first-order valence-electron chi connectivity index (χ1n) is 6.10. The highest BCUT2D eigenvalue weighted by molar-refractivity contribution is 4.95. The first kappa shape index (κ1) is 13.5. The summed E-state index contributed by atoms with van der Waals surface area (Å²) in [4.78, 5) is 0. The topological polar surface area (TPSA) is 0 Å². The number of allylic oxidation sites excluding steroid dienone is 3. The van der Waals surface area contributed by atoms with Gasteiger partial charge in [0.15, 0.2) is 0 Å². The predicted octanol–water partition coefficient (Wildman–Crippen LogP) is 5.12. The van der Waals surface area contributed by atoms with Crippen molar-refractivity contribution in [3.8, 4) is 0 Å². The molecule has 1 unspecified atom stereocenters. The van der Waals surface area contributed by atoms with Crippen molar-refractivity contribution in [2.75, 3.05) is 0 Å². The van der Waals surface area contributed by atoms with Gasteiger partial charge in [-0.25, -0.2) is 0 Å². The van der Waals surface area contributed by atoms with Gasteiger partial charge >= 0.3 is 0 Å². The molecule has 0 heteroatoms. The smallest absolute Gasteiger partial charge is 0.00563 e. The summed E-state index contributed by atoms with van der Waals surface area (Å²) in [7, 11) is 0. The first-order chi connectivity index (χ1) is 6.85. The predicted molar refractivity (Wildman–Crippen MR) is 66.5 cm³/mol. The van der Waals surface area contributed by atoms with Crippen LogP contribution in [0, 0.1) is 5.92 Å². The SMILES string of the molecule is C=CC(/C=C/C)CCCCCCCC. The van der Waals surface area contributed by atoms with Gasteiger partial charge in [0.05, 0.1) is 0 Å². The first-order valence-corrected chi connectivity index (χ1v) is 6.10. The lowest BCUT2D eigenvalue weighted by molar-refractivity contribution is 0.563. The van der Waals surface area contributed by atoms with Crippen molar-refractivity contribution in [3.63, 3.8) is 0 Å². The Kier molecular flexibility index (Phi) is 10.2. The zero-order valence-electron chi connectivity index (χ0n) is 9.97. The van der Waals surface area contributed by atoms with Crippen LogP contribution in [0.3, 0.4) is 0 Å². The van der Waals surface area contributed by atoms with Crippen molar-refractivity contribution in [2.45, 2.75) is 58.8 Å². The molecule has 0 aromatic carbocycles. The summed E-state index contributed by atoms with van der Waals surface area (Å²) in [5.41, 5.74) is 0. The maximum atomic E-state index is 3.86. The third-order valence-corrected chi connectivity index (χ3v) is 2.63. The van der Waals surface area contributed by atoms with E-state index < -0.39 is 0 Å². The van der Waals surface area contributed by atoms with E-state index in [1.165, 1.54) is 44.9 Å². The number of hydrogen-bond donors (Lipinski definition) is 0. The molecular formula is C14H26. The van der Waals surface area contributed by atoms with E-state index in [1.807, 2.05) is 0 Å². The lowest BCUT2D eigenvalue weighted by Crippen LogP contribution is -1.91. The molecule has 14 heavy (non-hydrogen) atoms. The van der Waals surface area contributed by atoms with Gasteiger partial charge in [-0.1, -0.05) is 63.7 Å². The Balaban J connectivity index is 3.28. The summed E-state index contributed by atoms with van der Waals surface area (Å²) in [6.07, 6.45) is 16.0. The van der Waals surface area contributed by atoms with Crippen molar-refractivity contribution < 1.29 is 0 Å². The quantitative estimate of drug-likeness (QED) is 0.353. The second-order valence-electron chi connectivity index (χ2n) is 3.98. The fourth-order valence-electron chi connectivity index (χ4n) is 1.70. The van der Waals surface area contributed by atoms with Crippen molar-refractivity contribution in [1.82, 2.24) is 0 Å². The van der Waals surface area contributed by atoms with Crippen molar-refractivity contribution in [2.24, 2.45) is 5.92 Å². The van der Waals surface area contributed by atoms with E-state index in [-0.39, 0.29) is 0 Å². The summed E-state index contributed by atoms with van der Waals surface area (Å²) < 4.78 is 0.